The van der Waals surface area contributed by atoms with Crippen LogP contribution in [0.4, 0.5) is 0 Å². The number of aliphatic hydroxyl groups excluding tert-OH is 2. The lowest BCUT2D eigenvalue weighted by molar-refractivity contribution is -0.830. The Kier molecular flexibility index (Phi) is 8.22. The summed E-state index contributed by atoms with van der Waals surface area (Å²) in [4.78, 5) is 18.9. The lowest BCUT2D eigenvalue weighted by Gasteiger charge is -2.62. The van der Waals surface area contributed by atoms with Gasteiger partial charge in [-0.2, -0.15) is 0 Å². The number of nitrogens with one attached hydrogen (secondary N) is 3. The summed E-state index contributed by atoms with van der Waals surface area (Å²) in [6.45, 7) is 5.61. The largest absolute Gasteiger partial charge is 0.545 e. The monoisotopic (exact) mass is 584 g/mol. The van der Waals surface area contributed by atoms with Crippen molar-refractivity contribution in [2.24, 2.45) is 39.5 Å². The Bertz CT molecular complexity index is 1200. The third-order valence-electron chi connectivity index (χ3n) is 12.0. The predicted octanol–water partition coefficient (Wildman–Crippen LogP) is -1.78. The summed E-state index contributed by atoms with van der Waals surface area (Å²) in [5.41, 5.74) is -1.66. The highest BCUT2D eigenvalue weighted by Gasteiger charge is 2.77. The SMILES string of the molecule is CN=C1NCC#C[C@@H]2C[C@@H](C)[C@@]34C[C@](O)(CO[C@H]5CCC[C@H](O)C5)C(C(=O)[O-])=C3C[C@@H]2[C@@]42C[NH+]1CC[C@@H]2CNCCO. The molecule has 0 radical (unpaired) electrons. The van der Waals surface area contributed by atoms with Gasteiger partial charge in [0.25, 0.3) is 5.96 Å². The fourth-order valence-electron chi connectivity index (χ4n) is 10.6. The maximum atomic E-state index is 13.0. The van der Waals surface area contributed by atoms with E-state index in [1.54, 1.807) is 0 Å². The molecule has 2 aliphatic heterocycles. The first-order valence-corrected chi connectivity index (χ1v) is 16.0. The van der Waals surface area contributed by atoms with Gasteiger partial charge in [0.1, 0.15) is 5.60 Å². The number of quaternary nitrogens is 1. The summed E-state index contributed by atoms with van der Waals surface area (Å²) < 4.78 is 6.25. The molecule has 3 saturated carbocycles. The molecule has 5 bridgehead atoms. The molecule has 0 amide bonds. The molecule has 6 rings (SSSR count). The molecule has 0 aromatic heterocycles. The minimum atomic E-state index is -1.67. The van der Waals surface area contributed by atoms with E-state index < -0.39 is 23.1 Å². The molecule has 232 valence electrons. The highest BCUT2D eigenvalue weighted by atomic mass is 16.5. The van der Waals surface area contributed by atoms with Crippen LogP contribution in [0.15, 0.2) is 16.1 Å². The smallest absolute Gasteiger partial charge is 0.296 e. The second-order valence-electron chi connectivity index (χ2n) is 13.9. The van der Waals surface area contributed by atoms with E-state index in [-0.39, 0.29) is 54.0 Å². The molecule has 4 aliphatic carbocycles. The molecule has 6 aliphatic rings. The number of guanidine groups is 1. The van der Waals surface area contributed by atoms with Crippen molar-refractivity contribution in [1.82, 2.24) is 10.6 Å². The van der Waals surface area contributed by atoms with Gasteiger partial charge >= 0.3 is 0 Å². The van der Waals surface area contributed by atoms with Gasteiger partial charge in [-0.1, -0.05) is 24.3 Å². The van der Waals surface area contributed by atoms with Crippen LogP contribution >= 0.6 is 0 Å². The third kappa shape index (κ3) is 4.54. The van der Waals surface area contributed by atoms with Crippen molar-refractivity contribution in [3.05, 3.63) is 11.1 Å². The maximum absolute atomic E-state index is 13.0. The number of rotatable bonds is 8. The number of allylic oxidation sites excluding steroid dienone is 1. The number of carbonyl (C=O) groups is 1. The van der Waals surface area contributed by atoms with E-state index in [0.29, 0.717) is 38.9 Å². The summed E-state index contributed by atoms with van der Waals surface area (Å²) in [7, 11) is 1.81. The first kappa shape index (κ1) is 30.0. The number of carboxylic acids is 1. The van der Waals surface area contributed by atoms with Crippen LogP contribution in [-0.4, -0.2) is 98.0 Å². The van der Waals surface area contributed by atoms with Gasteiger partial charge in [-0.25, -0.2) is 4.99 Å². The Morgan fingerprint density at radius 3 is 2.88 bits per heavy atom. The van der Waals surface area contributed by atoms with Gasteiger partial charge < -0.3 is 40.6 Å². The van der Waals surface area contributed by atoms with Crippen molar-refractivity contribution in [2.75, 3.05) is 53.0 Å². The number of carbonyl (C=O) groups excluding carboxylic acids is 1. The first-order chi connectivity index (χ1) is 20.2. The van der Waals surface area contributed by atoms with Crippen LogP contribution < -0.4 is 20.6 Å². The molecule has 0 aromatic carbocycles. The molecule has 10 nitrogen and oxygen atoms in total. The Morgan fingerprint density at radius 1 is 1.31 bits per heavy atom. The second kappa shape index (κ2) is 11.5. The molecule has 42 heavy (non-hydrogen) atoms. The highest BCUT2D eigenvalue weighted by molar-refractivity contribution is 5.90. The van der Waals surface area contributed by atoms with Crippen LogP contribution in [0.5, 0.6) is 0 Å². The zero-order valence-corrected chi connectivity index (χ0v) is 25.1. The van der Waals surface area contributed by atoms with Crippen LogP contribution in [0.25, 0.3) is 0 Å². The summed E-state index contributed by atoms with van der Waals surface area (Å²) in [5, 5.41) is 52.1. The standard InChI is InChI=1S/C32H48N4O6/c1-20-13-21-5-4-9-35-29(33-2)36-11-8-22(16-34-10-12-37)32(18-36)25(21)15-26-27(28(39)40)30(41,17-31(20,26)32)19-42-24-7-3-6-23(38)14-24/h20-25,34,37-38,41H,3,6-19H2,1-2H3,(H,33,35)(H,39,40)/t20-,21-,22-,23+,24+,25+,30+,31+,32+/m1/s1. The molecular weight excluding hydrogens is 536 g/mol. The van der Waals surface area contributed by atoms with Crippen molar-refractivity contribution in [1.29, 1.82) is 0 Å². The van der Waals surface area contributed by atoms with E-state index in [4.69, 9.17) is 4.74 Å². The molecule has 0 aromatic rings. The van der Waals surface area contributed by atoms with Gasteiger partial charge in [-0.15, -0.1) is 0 Å². The van der Waals surface area contributed by atoms with Crippen molar-refractivity contribution in [3.63, 3.8) is 0 Å². The van der Waals surface area contributed by atoms with Crippen molar-refractivity contribution >= 4 is 11.9 Å². The van der Waals surface area contributed by atoms with Gasteiger partial charge in [0.2, 0.25) is 0 Å². The number of piperidine rings is 1. The van der Waals surface area contributed by atoms with Gasteiger partial charge in [0.05, 0.1) is 51.0 Å². The average Bonchev–Trinajstić information content (AvgIpc) is 3.33. The highest BCUT2D eigenvalue weighted by Crippen LogP contribution is 2.77. The average molecular weight is 585 g/mol. The molecule has 2 spiro atoms. The number of hydrogen-bond donors (Lipinski definition) is 6. The Hall–Kier alpha value is -2.00. The maximum Gasteiger partial charge on any atom is 0.296 e. The first-order valence-electron chi connectivity index (χ1n) is 16.0. The van der Waals surface area contributed by atoms with Crippen molar-refractivity contribution in [2.45, 2.75) is 76.1 Å². The molecule has 6 N–H and O–H groups in total. The summed E-state index contributed by atoms with van der Waals surface area (Å²) in [5.74, 6) is 7.13. The number of ether oxygens (including phenoxy) is 1. The number of aliphatic imine (C=N–C) groups is 1. The predicted molar refractivity (Wildman–Crippen MR) is 154 cm³/mol. The topological polar surface area (TPSA) is 151 Å². The van der Waals surface area contributed by atoms with Crippen LogP contribution in [0.3, 0.4) is 0 Å². The van der Waals surface area contributed by atoms with E-state index in [1.807, 2.05) is 7.05 Å². The van der Waals surface area contributed by atoms with Crippen molar-refractivity contribution in [3.8, 4) is 11.8 Å². The third-order valence-corrected chi connectivity index (χ3v) is 12.0. The lowest BCUT2D eigenvalue weighted by Crippen LogP contribution is -3.19. The van der Waals surface area contributed by atoms with E-state index in [1.165, 1.54) is 4.90 Å². The Morgan fingerprint density at radius 2 is 2.14 bits per heavy atom. The fourth-order valence-corrected chi connectivity index (χ4v) is 10.6. The second-order valence-corrected chi connectivity index (χ2v) is 13.9. The molecule has 10 atom stereocenters. The minimum absolute atomic E-state index is 0.0350. The number of fused-ring (bicyclic) bond motifs is 1. The van der Waals surface area contributed by atoms with Gasteiger partial charge in [0.15, 0.2) is 0 Å². The zero-order chi connectivity index (χ0) is 29.7. The number of carboxylic acid groups (broad SMARTS) is 1. The zero-order valence-electron chi connectivity index (χ0n) is 25.1. The summed E-state index contributed by atoms with van der Waals surface area (Å²) in [6.07, 6.45) is 4.92. The normalized spacial score (nSPS) is 45.2. The Labute approximate surface area is 249 Å². The number of aliphatic hydroxyl groups is 3. The number of hydrogen-bond acceptors (Lipinski definition) is 8. The van der Waals surface area contributed by atoms with E-state index in [2.05, 4.69) is 34.4 Å². The summed E-state index contributed by atoms with van der Waals surface area (Å²) >= 11 is 0. The van der Waals surface area contributed by atoms with Crippen LogP contribution in [0, 0.1) is 46.3 Å². The summed E-state index contributed by atoms with van der Waals surface area (Å²) in [6, 6.07) is 0. The van der Waals surface area contributed by atoms with Gasteiger partial charge in [-0.05, 0) is 69.2 Å². The van der Waals surface area contributed by atoms with Crippen LogP contribution in [0.1, 0.15) is 58.3 Å². The number of aliphatic carboxylic acids is 1. The van der Waals surface area contributed by atoms with Gasteiger partial charge in [0, 0.05) is 42.3 Å². The molecule has 10 heteroatoms. The van der Waals surface area contributed by atoms with Crippen LogP contribution in [-0.2, 0) is 9.53 Å². The fraction of sp³-hybridized carbons (Fsp3) is 0.812. The van der Waals surface area contributed by atoms with Crippen molar-refractivity contribution < 1.29 is 34.9 Å². The Balaban J connectivity index is 1.48. The van der Waals surface area contributed by atoms with E-state index >= 15 is 0 Å². The van der Waals surface area contributed by atoms with Crippen LogP contribution in [0.2, 0.25) is 0 Å². The van der Waals surface area contributed by atoms with Gasteiger partial charge in [-0.3, -0.25) is 4.90 Å². The number of nitrogens with zero attached hydrogens (tertiary/aromatic N) is 1. The molecule has 1 unspecified atom stereocenters. The van der Waals surface area contributed by atoms with E-state index in [9.17, 15) is 25.2 Å². The quantitative estimate of drug-likeness (QED) is 0.145. The minimum Gasteiger partial charge on any atom is -0.545 e. The molecule has 4 fully saturated rings. The molecule has 1 saturated heterocycles. The molecule has 2 heterocycles. The molecular formula is C32H48N4O6. The van der Waals surface area contributed by atoms with E-state index in [0.717, 1.165) is 56.7 Å². The lowest BCUT2D eigenvalue weighted by atomic mass is 9.43.